The summed E-state index contributed by atoms with van der Waals surface area (Å²) < 4.78 is 27.6. The van der Waals surface area contributed by atoms with Gasteiger partial charge in [0.05, 0.1) is 0 Å². The smallest absolute Gasteiger partial charge is 0.291 e. The van der Waals surface area contributed by atoms with Crippen LogP contribution in [0.5, 0.6) is 0 Å². The van der Waals surface area contributed by atoms with Crippen LogP contribution in [0.3, 0.4) is 0 Å². The largest absolute Gasteiger partial charge is 0.451 e. The van der Waals surface area contributed by atoms with Crippen molar-refractivity contribution in [2.24, 2.45) is 0 Å². The Balaban J connectivity index is 1.46. The summed E-state index contributed by atoms with van der Waals surface area (Å²) in [6.45, 7) is 0. The summed E-state index contributed by atoms with van der Waals surface area (Å²) in [5.74, 6) is -0.0500. The lowest BCUT2D eigenvalue weighted by Gasteiger charge is -2.07. The van der Waals surface area contributed by atoms with Crippen LogP contribution in [0.1, 0.15) is 10.6 Å². The van der Waals surface area contributed by atoms with Crippen LogP contribution in [0.4, 0.5) is 11.4 Å². The average Bonchev–Trinajstić information content (AvgIpc) is 3.13. The summed E-state index contributed by atoms with van der Waals surface area (Å²) in [7, 11) is 0. The van der Waals surface area contributed by atoms with Gasteiger partial charge in [0.25, 0.3) is 17.2 Å². The van der Waals surface area contributed by atoms with E-state index in [-0.39, 0.29) is 11.7 Å². The molecule has 0 spiro atoms. The highest BCUT2D eigenvalue weighted by molar-refractivity contribution is 7.80. The van der Waals surface area contributed by atoms with Gasteiger partial charge < -0.3 is 9.73 Å². The summed E-state index contributed by atoms with van der Waals surface area (Å²) in [6, 6.07) is 23.7. The van der Waals surface area contributed by atoms with E-state index in [0.29, 0.717) is 17.0 Å². The van der Waals surface area contributed by atoms with Crippen molar-refractivity contribution in [3.8, 4) is 11.1 Å². The van der Waals surface area contributed by atoms with Crippen LogP contribution in [-0.4, -0.2) is 14.7 Å². The molecule has 3 aromatic carbocycles. The predicted octanol–water partition coefficient (Wildman–Crippen LogP) is 4.90. The SMILES string of the molecule is O=C(Nc1ccc(-c2ccc(NS(=O)O)cc2)cc1)c1cc2ccccc2o1. The quantitative estimate of drug-likeness (QED) is 0.421. The molecule has 28 heavy (non-hydrogen) atoms. The Kier molecular flexibility index (Phi) is 4.92. The van der Waals surface area contributed by atoms with E-state index in [2.05, 4.69) is 10.0 Å². The van der Waals surface area contributed by atoms with Crippen molar-refractivity contribution in [3.63, 3.8) is 0 Å². The van der Waals surface area contributed by atoms with Crippen molar-refractivity contribution in [2.75, 3.05) is 10.0 Å². The Morgan fingerprint density at radius 3 is 2.07 bits per heavy atom. The second kappa shape index (κ2) is 7.67. The molecule has 1 heterocycles. The Morgan fingerprint density at radius 2 is 1.46 bits per heavy atom. The van der Waals surface area contributed by atoms with Crippen LogP contribution in [0, 0.1) is 0 Å². The predicted molar refractivity (Wildman–Crippen MR) is 110 cm³/mol. The first-order chi connectivity index (χ1) is 13.6. The van der Waals surface area contributed by atoms with Crippen molar-refractivity contribution < 1.29 is 18.0 Å². The molecule has 1 unspecified atom stereocenters. The van der Waals surface area contributed by atoms with E-state index in [0.717, 1.165) is 16.5 Å². The standard InChI is InChI=1S/C21H16N2O4S/c24-21(20-13-16-3-1-2-4-19(16)27-20)22-17-9-5-14(6-10-17)15-7-11-18(12-8-15)23-28(25)26/h1-13,23H,(H,22,24)(H,25,26). The maximum absolute atomic E-state index is 12.4. The highest BCUT2D eigenvalue weighted by Gasteiger charge is 2.12. The molecule has 0 saturated heterocycles. The number of anilines is 2. The minimum absolute atomic E-state index is 0.259. The van der Waals surface area contributed by atoms with Gasteiger partial charge in [-0.05, 0) is 47.5 Å². The highest BCUT2D eigenvalue weighted by Crippen LogP contribution is 2.24. The zero-order valence-corrected chi connectivity index (χ0v) is 15.4. The van der Waals surface area contributed by atoms with Gasteiger partial charge in [-0.1, -0.05) is 42.5 Å². The summed E-state index contributed by atoms with van der Waals surface area (Å²) >= 11 is -2.10. The molecule has 0 aliphatic carbocycles. The molecule has 140 valence electrons. The first kappa shape index (κ1) is 18.0. The van der Waals surface area contributed by atoms with Crippen LogP contribution >= 0.6 is 0 Å². The molecule has 7 heteroatoms. The van der Waals surface area contributed by atoms with Gasteiger partial charge in [0.1, 0.15) is 5.58 Å². The van der Waals surface area contributed by atoms with Crippen molar-refractivity contribution in [3.05, 3.63) is 84.6 Å². The Bertz CT molecular complexity index is 1120. The van der Waals surface area contributed by atoms with Gasteiger partial charge in [-0.3, -0.25) is 14.1 Å². The van der Waals surface area contributed by atoms with E-state index in [4.69, 9.17) is 8.97 Å². The molecular formula is C21H16N2O4S. The molecule has 4 rings (SSSR count). The average molecular weight is 392 g/mol. The van der Waals surface area contributed by atoms with E-state index in [1.165, 1.54) is 0 Å². The fourth-order valence-corrected chi connectivity index (χ4v) is 3.20. The summed E-state index contributed by atoms with van der Waals surface area (Å²) in [6.07, 6.45) is 0. The molecule has 4 aromatic rings. The van der Waals surface area contributed by atoms with Crippen molar-refractivity contribution in [2.45, 2.75) is 0 Å². The molecule has 0 bridgehead atoms. The van der Waals surface area contributed by atoms with Crippen LogP contribution < -0.4 is 10.0 Å². The maximum Gasteiger partial charge on any atom is 0.291 e. The summed E-state index contributed by atoms with van der Waals surface area (Å²) in [5.41, 5.74) is 3.79. The van der Waals surface area contributed by atoms with E-state index in [1.54, 1.807) is 18.2 Å². The van der Waals surface area contributed by atoms with Crippen LogP contribution in [0.15, 0.2) is 83.3 Å². The number of hydrogen-bond acceptors (Lipinski definition) is 3. The summed E-state index contributed by atoms with van der Waals surface area (Å²) in [5, 5.41) is 3.70. The molecule has 3 N–H and O–H groups in total. The topological polar surface area (TPSA) is 91.6 Å². The number of carbonyl (C=O) groups is 1. The number of fused-ring (bicyclic) bond motifs is 1. The van der Waals surface area contributed by atoms with Gasteiger partial charge in [-0.25, -0.2) is 4.21 Å². The minimum atomic E-state index is -2.10. The van der Waals surface area contributed by atoms with Gasteiger partial charge in [0.2, 0.25) is 0 Å². The second-order valence-electron chi connectivity index (χ2n) is 6.11. The fourth-order valence-electron chi connectivity index (χ4n) is 2.86. The minimum Gasteiger partial charge on any atom is -0.451 e. The summed E-state index contributed by atoms with van der Waals surface area (Å²) in [4.78, 5) is 12.4. The van der Waals surface area contributed by atoms with E-state index in [9.17, 15) is 9.00 Å². The molecular weight excluding hydrogens is 376 g/mol. The number of hydrogen-bond donors (Lipinski definition) is 3. The number of carbonyl (C=O) groups excluding carboxylic acids is 1. The Labute approximate surface area is 163 Å². The molecule has 0 fully saturated rings. The third kappa shape index (κ3) is 3.95. The first-order valence-electron chi connectivity index (χ1n) is 8.46. The first-order valence-corrected chi connectivity index (χ1v) is 9.57. The van der Waals surface area contributed by atoms with Gasteiger partial charge >= 0.3 is 0 Å². The van der Waals surface area contributed by atoms with Gasteiger partial charge in [0.15, 0.2) is 5.76 Å². The third-order valence-electron chi connectivity index (χ3n) is 4.22. The van der Waals surface area contributed by atoms with Gasteiger partial charge in [-0.15, -0.1) is 0 Å². The van der Waals surface area contributed by atoms with Crippen molar-refractivity contribution >= 4 is 39.5 Å². The number of furan rings is 1. The van der Waals surface area contributed by atoms with Crippen LogP contribution in [0.2, 0.25) is 0 Å². The van der Waals surface area contributed by atoms with Gasteiger partial charge in [0, 0.05) is 16.8 Å². The van der Waals surface area contributed by atoms with Crippen molar-refractivity contribution in [1.29, 1.82) is 0 Å². The number of rotatable bonds is 5. The zero-order valence-electron chi connectivity index (χ0n) is 14.6. The normalized spacial score (nSPS) is 11.9. The molecule has 0 aliphatic rings. The van der Waals surface area contributed by atoms with Crippen LogP contribution in [0.25, 0.3) is 22.1 Å². The third-order valence-corrected chi connectivity index (χ3v) is 4.63. The molecule has 0 radical (unpaired) electrons. The molecule has 1 atom stereocenters. The lowest BCUT2D eigenvalue weighted by Crippen LogP contribution is -2.10. The van der Waals surface area contributed by atoms with E-state index >= 15 is 0 Å². The lowest BCUT2D eigenvalue weighted by molar-refractivity contribution is 0.0998. The Morgan fingerprint density at radius 1 is 0.857 bits per heavy atom. The molecule has 0 saturated carbocycles. The second-order valence-corrected chi connectivity index (χ2v) is 6.81. The number of amides is 1. The molecule has 1 aromatic heterocycles. The maximum atomic E-state index is 12.4. The number of benzene rings is 3. The van der Waals surface area contributed by atoms with Gasteiger partial charge in [-0.2, -0.15) is 0 Å². The van der Waals surface area contributed by atoms with Crippen molar-refractivity contribution in [1.82, 2.24) is 0 Å². The molecule has 6 nitrogen and oxygen atoms in total. The van der Waals surface area contributed by atoms with Crippen LogP contribution in [-0.2, 0) is 11.3 Å². The number of para-hydroxylation sites is 1. The number of nitrogens with one attached hydrogen (secondary N) is 2. The monoisotopic (exact) mass is 392 g/mol. The van der Waals surface area contributed by atoms with E-state index in [1.807, 2.05) is 60.7 Å². The molecule has 0 aliphatic heterocycles. The molecule has 1 amide bonds. The fraction of sp³-hybridized carbons (Fsp3) is 0. The lowest BCUT2D eigenvalue weighted by atomic mass is 10.1. The zero-order chi connectivity index (χ0) is 19.5. The Hall–Kier alpha value is -3.42. The highest BCUT2D eigenvalue weighted by atomic mass is 32.2. The van der Waals surface area contributed by atoms with E-state index < -0.39 is 11.3 Å².